The van der Waals surface area contributed by atoms with Gasteiger partial charge in [-0.25, -0.2) is 0 Å². The minimum Gasteiger partial charge on any atom is -0.459 e. The average Bonchev–Trinajstić information content (AvgIpc) is 3.17. The van der Waals surface area contributed by atoms with Gasteiger partial charge in [-0.05, 0) is 45.5 Å². The molecule has 3 N–H and O–H groups in total. The number of ether oxygens (including phenoxy) is 1. The lowest BCUT2D eigenvalue weighted by molar-refractivity contribution is -0.153. The number of rotatable bonds is 8. The Hall–Kier alpha value is -1.41. The largest absolute Gasteiger partial charge is 0.459 e. The summed E-state index contributed by atoms with van der Waals surface area (Å²) in [6, 6.07) is 9.72. The number of benzene rings is 1. The van der Waals surface area contributed by atoms with Crippen molar-refractivity contribution in [3.63, 3.8) is 0 Å². The zero-order valence-electron chi connectivity index (χ0n) is 17.3. The number of nitrogens with one attached hydrogen (secondary N) is 1. The Bertz CT molecular complexity index is 657. The van der Waals surface area contributed by atoms with Gasteiger partial charge in [-0.1, -0.05) is 43.2 Å². The van der Waals surface area contributed by atoms with Gasteiger partial charge in [-0.15, -0.1) is 0 Å². The van der Waals surface area contributed by atoms with E-state index in [0.717, 1.165) is 24.7 Å². The third-order valence-corrected chi connectivity index (χ3v) is 5.98. The van der Waals surface area contributed by atoms with Crippen molar-refractivity contribution in [1.29, 1.82) is 0 Å². The lowest BCUT2D eigenvalue weighted by Gasteiger charge is -2.27. The molecule has 0 radical (unpaired) electrons. The number of hydrogen-bond donors (Lipinski definition) is 2. The molecule has 7 heteroatoms. The quantitative estimate of drug-likeness (QED) is 0.405. The molecule has 0 spiro atoms. The maximum absolute atomic E-state index is 12.9. The number of nitrogens with two attached hydrogens (primary N) is 1. The fourth-order valence-corrected chi connectivity index (χ4v) is 3.95. The Morgan fingerprint density at radius 3 is 2.68 bits per heavy atom. The summed E-state index contributed by atoms with van der Waals surface area (Å²) in [5.74, 6) is -0.201. The van der Waals surface area contributed by atoms with Crippen molar-refractivity contribution in [3.05, 3.63) is 35.9 Å². The van der Waals surface area contributed by atoms with Crippen LogP contribution in [0.4, 0.5) is 0 Å². The number of hydrogen-bond acceptors (Lipinski definition) is 6. The smallest absolute Gasteiger partial charge is 0.457 e. The number of esters is 1. The maximum Gasteiger partial charge on any atom is 0.457 e. The van der Waals surface area contributed by atoms with Gasteiger partial charge in [0.1, 0.15) is 12.1 Å². The average molecular weight is 388 g/mol. The molecular weight excluding hydrogens is 355 g/mol. The number of carbonyl (C=O) groups excluding carboxylic acids is 1. The first-order valence-corrected chi connectivity index (χ1v) is 10.4. The van der Waals surface area contributed by atoms with E-state index in [9.17, 15) is 4.79 Å². The maximum atomic E-state index is 12.9. The van der Waals surface area contributed by atoms with Crippen molar-refractivity contribution in [2.45, 2.75) is 82.7 Å². The fourth-order valence-electron chi connectivity index (χ4n) is 3.95. The van der Waals surface area contributed by atoms with Gasteiger partial charge in [0.25, 0.3) is 0 Å². The summed E-state index contributed by atoms with van der Waals surface area (Å²) in [5.41, 5.74) is 6.16. The van der Waals surface area contributed by atoms with Crippen molar-refractivity contribution in [2.24, 2.45) is 5.73 Å². The summed E-state index contributed by atoms with van der Waals surface area (Å²) in [5, 5.41) is 3.34. The van der Waals surface area contributed by atoms with Crippen LogP contribution in [0.2, 0.25) is 6.32 Å². The zero-order valence-corrected chi connectivity index (χ0v) is 17.3. The van der Waals surface area contributed by atoms with Gasteiger partial charge in [0.15, 0.2) is 0 Å². The molecule has 0 amide bonds. The summed E-state index contributed by atoms with van der Waals surface area (Å²) >= 11 is 0. The van der Waals surface area contributed by atoms with Crippen LogP contribution in [0.3, 0.4) is 0 Å². The highest BCUT2D eigenvalue weighted by molar-refractivity contribution is 6.45. The molecule has 6 nitrogen and oxygen atoms in total. The highest BCUT2D eigenvalue weighted by Gasteiger charge is 2.45. The normalized spacial score (nSPS) is 29.2. The minimum absolute atomic E-state index is 0.0209. The third kappa shape index (κ3) is 5.14. The van der Waals surface area contributed by atoms with Crippen molar-refractivity contribution >= 4 is 13.1 Å². The van der Waals surface area contributed by atoms with Crippen LogP contribution in [0.15, 0.2) is 30.3 Å². The third-order valence-electron chi connectivity index (χ3n) is 5.98. The van der Waals surface area contributed by atoms with Gasteiger partial charge < -0.3 is 25.1 Å². The Morgan fingerprint density at radius 1 is 1.32 bits per heavy atom. The van der Waals surface area contributed by atoms with E-state index in [-0.39, 0.29) is 37.4 Å². The molecule has 2 aliphatic rings. The summed E-state index contributed by atoms with van der Waals surface area (Å²) in [6.07, 6.45) is 4.05. The predicted octanol–water partition coefficient (Wildman–Crippen LogP) is 2.66. The molecule has 3 rings (SSSR count). The Morgan fingerprint density at radius 2 is 2.07 bits per heavy atom. The first-order valence-electron chi connectivity index (χ1n) is 10.4. The molecule has 0 aromatic heterocycles. The highest BCUT2D eigenvalue weighted by atomic mass is 16.7. The first-order chi connectivity index (χ1) is 13.3. The molecule has 2 fully saturated rings. The molecule has 2 heterocycles. The van der Waals surface area contributed by atoms with Crippen LogP contribution in [0.1, 0.15) is 52.0 Å². The monoisotopic (exact) mass is 388 g/mol. The number of carbonyl (C=O) groups is 1. The SMILES string of the molecule is CC1OB(CCCCC2(C(=O)OCc3ccccc3)C[C@@H](N)CN2)OC1(C)C. The van der Waals surface area contributed by atoms with E-state index in [1.807, 2.05) is 37.3 Å². The minimum atomic E-state index is -0.682. The Kier molecular flexibility index (Phi) is 6.81. The van der Waals surface area contributed by atoms with E-state index < -0.39 is 5.54 Å². The molecule has 28 heavy (non-hydrogen) atoms. The molecule has 2 saturated heterocycles. The second-order valence-corrected chi connectivity index (χ2v) is 8.66. The van der Waals surface area contributed by atoms with Gasteiger partial charge >= 0.3 is 13.1 Å². The fraction of sp³-hybridized carbons (Fsp3) is 0.667. The molecule has 0 saturated carbocycles. The van der Waals surface area contributed by atoms with Crippen LogP contribution in [0, 0.1) is 0 Å². The van der Waals surface area contributed by atoms with E-state index >= 15 is 0 Å². The lowest BCUT2D eigenvalue weighted by atomic mass is 9.80. The van der Waals surface area contributed by atoms with Crippen molar-refractivity contribution in [3.8, 4) is 0 Å². The van der Waals surface area contributed by atoms with Crippen LogP contribution < -0.4 is 11.1 Å². The summed E-state index contributed by atoms with van der Waals surface area (Å²) in [7, 11) is -0.162. The molecule has 1 aromatic rings. The van der Waals surface area contributed by atoms with Gasteiger partial charge in [-0.2, -0.15) is 0 Å². The molecule has 2 unspecified atom stereocenters. The molecular formula is C21H33BN2O4. The summed E-state index contributed by atoms with van der Waals surface area (Å²) < 4.78 is 17.5. The van der Waals surface area contributed by atoms with Crippen molar-refractivity contribution in [1.82, 2.24) is 5.32 Å². The van der Waals surface area contributed by atoms with Gasteiger partial charge in [-0.3, -0.25) is 4.79 Å². The standard InChI is InChI=1S/C21H33BN2O4/c1-16-20(2,3)28-22(27-16)12-8-7-11-21(13-18(23)14-24-21)19(25)26-15-17-9-5-4-6-10-17/h4-6,9-10,16,18,24H,7-8,11-15,23H2,1-3H3/t16?,18-,21?/m1/s1. The van der Waals surface area contributed by atoms with Gasteiger partial charge in [0, 0.05) is 12.6 Å². The van der Waals surface area contributed by atoms with E-state index in [1.165, 1.54) is 0 Å². The van der Waals surface area contributed by atoms with Crippen molar-refractivity contribution < 1.29 is 18.8 Å². The summed E-state index contributed by atoms with van der Waals surface area (Å²) in [4.78, 5) is 12.9. The highest BCUT2D eigenvalue weighted by Crippen LogP contribution is 2.31. The van der Waals surface area contributed by atoms with Crippen LogP contribution in [-0.2, 0) is 25.4 Å². The molecule has 1 aromatic carbocycles. The van der Waals surface area contributed by atoms with Gasteiger partial charge in [0.2, 0.25) is 0 Å². The van der Waals surface area contributed by atoms with Crippen LogP contribution >= 0.6 is 0 Å². The van der Waals surface area contributed by atoms with E-state index in [2.05, 4.69) is 19.2 Å². The van der Waals surface area contributed by atoms with Gasteiger partial charge in [0.05, 0.1) is 11.7 Å². The Balaban J connectivity index is 1.48. The molecule has 154 valence electrons. The molecule has 0 bridgehead atoms. The first kappa shape index (κ1) is 21.3. The zero-order chi connectivity index (χ0) is 20.2. The predicted molar refractivity (Wildman–Crippen MR) is 110 cm³/mol. The summed E-state index contributed by atoms with van der Waals surface area (Å²) in [6.45, 7) is 7.08. The molecule has 0 aliphatic carbocycles. The van der Waals surface area contributed by atoms with E-state index in [1.54, 1.807) is 0 Å². The second kappa shape index (κ2) is 8.95. The molecule has 2 aliphatic heterocycles. The topological polar surface area (TPSA) is 82.8 Å². The van der Waals surface area contributed by atoms with Crippen LogP contribution in [0.25, 0.3) is 0 Å². The van der Waals surface area contributed by atoms with Crippen molar-refractivity contribution in [2.75, 3.05) is 6.54 Å². The van der Waals surface area contributed by atoms with E-state index in [4.69, 9.17) is 19.8 Å². The Labute approximate surface area is 168 Å². The van der Waals surface area contributed by atoms with Crippen LogP contribution in [0.5, 0.6) is 0 Å². The molecule has 3 atom stereocenters. The second-order valence-electron chi connectivity index (χ2n) is 8.66. The number of unbranched alkanes of at least 4 members (excludes halogenated alkanes) is 1. The lowest BCUT2D eigenvalue weighted by Crippen LogP contribution is -2.48. The van der Waals surface area contributed by atoms with Crippen LogP contribution in [-0.4, -0.2) is 42.9 Å². The van der Waals surface area contributed by atoms with E-state index in [0.29, 0.717) is 19.4 Å².